The maximum absolute atomic E-state index is 6.53. The molecular formula is C25H24ClN3O. The lowest BCUT2D eigenvalue weighted by atomic mass is 10.0. The molecule has 0 saturated heterocycles. The molecule has 0 saturated carbocycles. The van der Waals surface area contributed by atoms with Crippen LogP contribution in [0, 0.1) is 0 Å². The average molecular weight is 418 g/mol. The number of para-hydroxylation sites is 1. The first-order valence-corrected chi connectivity index (χ1v) is 10.1. The predicted octanol–water partition coefficient (Wildman–Crippen LogP) is 6.46. The van der Waals surface area contributed by atoms with Gasteiger partial charge in [-0.3, -0.25) is 0 Å². The number of hydrogen-bond donors (Lipinski definition) is 0. The van der Waals surface area contributed by atoms with E-state index in [0.717, 1.165) is 33.8 Å². The minimum Gasteiger partial charge on any atom is -0.435 e. The number of oxazole rings is 1. The Bertz CT molecular complexity index is 1160. The van der Waals surface area contributed by atoms with Gasteiger partial charge in [-0.25, -0.2) is 4.98 Å². The van der Waals surface area contributed by atoms with Crippen LogP contribution in [-0.4, -0.2) is 33.2 Å². The van der Waals surface area contributed by atoms with Gasteiger partial charge in [-0.15, -0.1) is 0 Å². The molecule has 0 aliphatic heterocycles. The Morgan fingerprint density at radius 2 is 1.37 bits per heavy atom. The van der Waals surface area contributed by atoms with Crippen molar-refractivity contribution < 1.29 is 4.42 Å². The van der Waals surface area contributed by atoms with Gasteiger partial charge in [0, 0.05) is 56.3 Å². The van der Waals surface area contributed by atoms with Crippen LogP contribution in [0.3, 0.4) is 0 Å². The number of halogens is 1. The summed E-state index contributed by atoms with van der Waals surface area (Å²) in [5.74, 6) is 1.24. The molecule has 0 N–H and O–H groups in total. The van der Waals surface area contributed by atoms with Gasteiger partial charge in [0.1, 0.15) is 5.69 Å². The van der Waals surface area contributed by atoms with Crippen molar-refractivity contribution in [3.05, 3.63) is 77.8 Å². The molecular weight excluding hydrogens is 394 g/mol. The molecule has 5 heteroatoms. The third kappa shape index (κ3) is 3.79. The summed E-state index contributed by atoms with van der Waals surface area (Å²) in [5, 5.41) is 0.631. The Morgan fingerprint density at radius 1 is 0.733 bits per heavy atom. The van der Waals surface area contributed by atoms with Crippen LogP contribution >= 0.6 is 11.6 Å². The lowest BCUT2D eigenvalue weighted by Crippen LogP contribution is -2.10. The summed E-state index contributed by atoms with van der Waals surface area (Å²) in [4.78, 5) is 9.06. The van der Waals surface area contributed by atoms with Gasteiger partial charge < -0.3 is 14.2 Å². The molecule has 3 aromatic carbocycles. The van der Waals surface area contributed by atoms with Gasteiger partial charge in [-0.1, -0.05) is 41.9 Å². The summed E-state index contributed by atoms with van der Waals surface area (Å²) in [6.07, 6.45) is 0. The van der Waals surface area contributed by atoms with Crippen LogP contribution in [0.15, 0.2) is 77.2 Å². The zero-order chi connectivity index (χ0) is 21.3. The Morgan fingerprint density at radius 3 is 2.00 bits per heavy atom. The predicted molar refractivity (Wildman–Crippen MR) is 126 cm³/mol. The minimum atomic E-state index is 0.568. The summed E-state index contributed by atoms with van der Waals surface area (Å²) in [6, 6.07) is 24.0. The number of rotatable bonds is 5. The number of aromatic nitrogens is 1. The average Bonchev–Trinajstić information content (AvgIpc) is 3.19. The number of hydrogen-bond acceptors (Lipinski definition) is 4. The number of benzene rings is 3. The highest BCUT2D eigenvalue weighted by atomic mass is 35.5. The van der Waals surface area contributed by atoms with Crippen molar-refractivity contribution in [2.24, 2.45) is 0 Å². The molecule has 0 bridgehead atoms. The second-order valence-electron chi connectivity index (χ2n) is 7.53. The third-order valence-electron chi connectivity index (χ3n) is 5.02. The van der Waals surface area contributed by atoms with E-state index in [1.54, 1.807) is 0 Å². The molecule has 0 atom stereocenters. The Labute approximate surface area is 182 Å². The summed E-state index contributed by atoms with van der Waals surface area (Å²) in [6.45, 7) is 0. The molecule has 30 heavy (non-hydrogen) atoms. The molecule has 4 rings (SSSR count). The quantitative estimate of drug-likeness (QED) is 0.373. The maximum atomic E-state index is 6.53. The van der Waals surface area contributed by atoms with Gasteiger partial charge >= 0.3 is 0 Å². The molecule has 0 aliphatic carbocycles. The largest absolute Gasteiger partial charge is 0.435 e. The Hall–Kier alpha value is -3.24. The molecule has 0 fully saturated rings. The Balaban J connectivity index is 1.92. The van der Waals surface area contributed by atoms with Crippen LogP contribution in [-0.2, 0) is 0 Å². The van der Waals surface area contributed by atoms with E-state index in [9.17, 15) is 0 Å². The molecule has 0 unspecified atom stereocenters. The van der Waals surface area contributed by atoms with E-state index in [2.05, 4.69) is 34.1 Å². The van der Waals surface area contributed by atoms with Crippen LogP contribution in [0.4, 0.5) is 11.4 Å². The fourth-order valence-electron chi connectivity index (χ4n) is 3.42. The first-order valence-electron chi connectivity index (χ1n) is 9.76. The lowest BCUT2D eigenvalue weighted by molar-refractivity contribution is 0.589. The highest BCUT2D eigenvalue weighted by molar-refractivity contribution is 6.33. The molecule has 0 spiro atoms. The second kappa shape index (κ2) is 8.25. The minimum absolute atomic E-state index is 0.568. The standard InChI is InChI=1S/C25H24ClN3O/c1-28(2)18-15-13-17(14-16-18)25-27-23(20-10-6-8-12-22(20)29(3)4)24(30-25)19-9-5-7-11-21(19)26/h5-16H,1-4H3. The molecule has 1 heterocycles. The van der Waals surface area contributed by atoms with E-state index in [1.807, 2.05) is 76.7 Å². The second-order valence-corrected chi connectivity index (χ2v) is 7.94. The van der Waals surface area contributed by atoms with Gasteiger partial charge in [-0.05, 0) is 42.5 Å². The van der Waals surface area contributed by atoms with Gasteiger partial charge in [0.05, 0.1) is 5.02 Å². The fourth-order valence-corrected chi connectivity index (χ4v) is 3.64. The van der Waals surface area contributed by atoms with E-state index in [1.165, 1.54) is 0 Å². The van der Waals surface area contributed by atoms with E-state index < -0.39 is 0 Å². The van der Waals surface area contributed by atoms with Crippen LogP contribution in [0.5, 0.6) is 0 Å². The van der Waals surface area contributed by atoms with Crippen molar-refractivity contribution in [2.45, 2.75) is 0 Å². The molecule has 0 radical (unpaired) electrons. The van der Waals surface area contributed by atoms with Crippen molar-refractivity contribution in [1.29, 1.82) is 0 Å². The van der Waals surface area contributed by atoms with E-state index >= 15 is 0 Å². The van der Waals surface area contributed by atoms with Crippen LogP contribution in [0.1, 0.15) is 0 Å². The highest BCUT2D eigenvalue weighted by Gasteiger charge is 2.22. The Kier molecular flexibility index (Phi) is 5.51. The van der Waals surface area contributed by atoms with Crippen molar-refractivity contribution in [2.75, 3.05) is 38.0 Å². The molecule has 4 nitrogen and oxygen atoms in total. The molecule has 0 aliphatic rings. The van der Waals surface area contributed by atoms with E-state index in [-0.39, 0.29) is 0 Å². The topological polar surface area (TPSA) is 32.5 Å². The van der Waals surface area contributed by atoms with E-state index in [4.69, 9.17) is 21.0 Å². The van der Waals surface area contributed by atoms with Crippen molar-refractivity contribution in [3.8, 4) is 34.0 Å². The van der Waals surface area contributed by atoms with Crippen LogP contribution < -0.4 is 9.80 Å². The molecule has 0 amide bonds. The first kappa shape index (κ1) is 20.0. The third-order valence-corrected chi connectivity index (χ3v) is 5.35. The summed E-state index contributed by atoms with van der Waals surface area (Å²) in [7, 11) is 8.09. The number of nitrogens with zero attached hydrogens (tertiary/aromatic N) is 3. The summed E-state index contributed by atoms with van der Waals surface area (Å²) in [5.41, 5.74) is 5.70. The lowest BCUT2D eigenvalue weighted by Gasteiger charge is -2.16. The van der Waals surface area contributed by atoms with Gasteiger partial charge in [0.2, 0.25) is 5.89 Å². The zero-order valence-electron chi connectivity index (χ0n) is 17.6. The van der Waals surface area contributed by atoms with Crippen molar-refractivity contribution in [1.82, 2.24) is 4.98 Å². The SMILES string of the molecule is CN(C)c1ccc(-c2nc(-c3ccccc3N(C)C)c(-c3ccccc3Cl)o2)cc1. The monoisotopic (exact) mass is 417 g/mol. The molecule has 152 valence electrons. The van der Waals surface area contributed by atoms with Crippen molar-refractivity contribution >= 4 is 23.0 Å². The summed E-state index contributed by atoms with van der Waals surface area (Å²) < 4.78 is 6.33. The highest BCUT2D eigenvalue weighted by Crippen LogP contribution is 2.41. The fraction of sp³-hybridized carbons (Fsp3) is 0.160. The van der Waals surface area contributed by atoms with Gasteiger partial charge in [0.15, 0.2) is 5.76 Å². The summed E-state index contributed by atoms with van der Waals surface area (Å²) >= 11 is 6.53. The normalized spacial score (nSPS) is 10.8. The molecule has 4 aromatic rings. The maximum Gasteiger partial charge on any atom is 0.227 e. The van der Waals surface area contributed by atoms with E-state index in [0.29, 0.717) is 16.7 Å². The van der Waals surface area contributed by atoms with Gasteiger partial charge in [-0.2, -0.15) is 0 Å². The van der Waals surface area contributed by atoms with Crippen LogP contribution in [0.2, 0.25) is 5.02 Å². The van der Waals surface area contributed by atoms with Gasteiger partial charge in [0.25, 0.3) is 0 Å². The number of anilines is 2. The van der Waals surface area contributed by atoms with Crippen LogP contribution in [0.25, 0.3) is 34.0 Å². The van der Waals surface area contributed by atoms with Crippen molar-refractivity contribution in [3.63, 3.8) is 0 Å². The zero-order valence-corrected chi connectivity index (χ0v) is 18.3. The first-order chi connectivity index (χ1) is 14.5. The smallest absolute Gasteiger partial charge is 0.227 e. The molecule has 1 aromatic heterocycles.